The number of carbonyl (C=O) groups is 1. The number of benzene rings is 1. The van der Waals surface area contributed by atoms with Crippen molar-refractivity contribution in [2.45, 2.75) is 50.8 Å². The summed E-state index contributed by atoms with van der Waals surface area (Å²) in [5, 5.41) is 7.96. The number of piperidine rings is 1. The molecule has 2 saturated heterocycles. The van der Waals surface area contributed by atoms with Crippen molar-refractivity contribution in [1.29, 1.82) is 0 Å². The van der Waals surface area contributed by atoms with Gasteiger partial charge in [0.1, 0.15) is 6.10 Å². The first kappa shape index (κ1) is 13.8. The number of para-hydroxylation sites is 1. The Morgan fingerprint density at radius 3 is 2.77 bits per heavy atom. The van der Waals surface area contributed by atoms with Crippen molar-refractivity contribution < 1.29 is 9.53 Å². The fourth-order valence-electron chi connectivity index (χ4n) is 4.00. The van der Waals surface area contributed by atoms with Crippen LogP contribution < -0.4 is 0 Å². The molecule has 0 saturated carbocycles. The molecule has 0 radical (unpaired) electrons. The fourth-order valence-corrected chi connectivity index (χ4v) is 4.00. The molecule has 22 heavy (non-hydrogen) atoms. The number of nitrogens with zero attached hydrogens (tertiary/aromatic N) is 2. The zero-order chi connectivity index (χ0) is 15.3. The first-order chi connectivity index (χ1) is 10.6. The number of H-pyrrole nitrogens is 1. The Labute approximate surface area is 129 Å². The van der Waals surface area contributed by atoms with Gasteiger partial charge in [0.15, 0.2) is 5.69 Å². The highest BCUT2D eigenvalue weighted by Crippen LogP contribution is 2.35. The standard InChI is InChI=1S/C17H21N3O2/c1-10-4-3-5-14-15(10)18-19-16(14)17(21)22-13-8-11-6-7-12(9-13)20(11)2/h3-5,11-13H,6-9H2,1-2H3,(H,18,19). The van der Waals surface area contributed by atoms with Crippen molar-refractivity contribution in [3.63, 3.8) is 0 Å². The molecule has 1 N–H and O–H groups in total. The molecule has 0 amide bonds. The Kier molecular flexibility index (Phi) is 3.18. The lowest BCUT2D eigenvalue weighted by molar-refractivity contribution is -0.000805. The molecule has 0 aliphatic carbocycles. The maximum atomic E-state index is 12.5. The third-order valence-electron chi connectivity index (χ3n) is 5.32. The summed E-state index contributed by atoms with van der Waals surface area (Å²) >= 11 is 0. The minimum absolute atomic E-state index is 0.0318. The monoisotopic (exact) mass is 299 g/mol. The van der Waals surface area contributed by atoms with Gasteiger partial charge in [-0.3, -0.25) is 5.10 Å². The number of fused-ring (bicyclic) bond motifs is 3. The van der Waals surface area contributed by atoms with Crippen molar-refractivity contribution >= 4 is 16.9 Å². The van der Waals surface area contributed by atoms with E-state index in [0.717, 1.165) is 29.3 Å². The number of carbonyl (C=O) groups excluding carboxylic acids is 1. The summed E-state index contributed by atoms with van der Waals surface area (Å²) in [4.78, 5) is 15.0. The maximum absolute atomic E-state index is 12.5. The van der Waals surface area contributed by atoms with Crippen LogP contribution in [0.5, 0.6) is 0 Å². The number of hydrogen-bond donors (Lipinski definition) is 1. The van der Waals surface area contributed by atoms with E-state index in [4.69, 9.17) is 4.74 Å². The number of hydrogen-bond acceptors (Lipinski definition) is 4. The molecule has 2 unspecified atom stereocenters. The molecule has 1 aromatic carbocycles. The van der Waals surface area contributed by atoms with Gasteiger partial charge in [-0.1, -0.05) is 18.2 Å². The number of nitrogens with one attached hydrogen (secondary N) is 1. The molecule has 2 atom stereocenters. The summed E-state index contributed by atoms with van der Waals surface area (Å²) in [5.41, 5.74) is 2.38. The lowest BCUT2D eigenvalue weighted by atomic mass is 10.0. The van der Waals surface area contributed by atoms with Crippen LogP contribution in [0.3, 0.4) is 0 Å². The maximum Gasteiger partial charge on any atom is 0.357 e. The minimum atomic E-state index is -0.276. The van der Waals surface area contributed by atoms with Crippen LogP contribution in [0, 0.1) is 6.92 Å². The van der Waals surface area contributed by atoms with Gasteiger partial charge in [-0.25, -0.2) is 4.79 Å². The molecule has 116 valence electrons. The molecule has 2 aliphatic rings. The summed E-state index contributed by atoms with van der Waals surface area (Å²) in [6.45, 7) is 1.99. The molecule has 1 aromatic heterocycles. The van der Waals surface area contributed by atoms with Crippen LogP contribution in [-0.2, 0) is 4.74 Å². The third-order valence-corrected chi connectivity index (χ3v) is 5.32. The van der Waals surface area contributed by atoms with Gasteiger partial charge in [0, 0.05) is 30.3 Å². The summed E-state index contributed by atoms with van der Waals surface area (Å²) < 4.78 is 5.78. The van der Waals surface area contributed by atoms with E-state index in [-0.39, 0.29) is 12.1 Å². The lowest BCUT2D eigenvalue weighted by Gasteiger charge is -2.35. The lowest BCUT2D eigenvalue weighted by Crippen LogP contribution is -2.43. The highest BCUT2D eigenvalue weighted by molar-refractivity contribution is 6.02. The van der Waals surface area contributed by atoms with E-state index in [1.165, 1.54) is 12.8 Å². The highest BCUT2D eigenvalue weighted by atomic mass is 16.5. The van der Waals surface area contributed by atoms with E-state index in [9.17, 15) is 4.79 Å². The molecule has 2 fully saturated rings. The van der Waals surface area contributed by atoms with E-state index >= 15 is 0 Å². The number of rotatable bonds is 2. The van der Waals surface area contributed by atoms with Crippen LogP contribution >= 0.6 is 0 Å². The topological polar surface area (TPSA) is 58.2 Å². The smallest absolute Gasteiger partial charge is 0.357 e. The highest BCUT2D eigenvalue weighted by Gasteiger charge is 2.40. The average Bonchev–Trinajstić information content (AvgIpc) is 2.99. The van der Waals surface area contributed by atoms with Gasteiger partial charge < -0.3 is 9.64 Å². The van der Waals surface area contributed by atoms with Crippen LogP contribution in [0.25, 0.3) is 10.9 Å². The number of esters is 1. The van der Waals surface area contributed by atoms with E-state index in [0.29, 0.717) is 17.8 Å². The van der Waals surface area contributed by atoms with Crippen LogP contribution in [-0.4, -0.2) is 46.3 Å². The van der Waals surface area contributed by atoms with Crippen molar-refractivity contribution in [1.82, 2.24) is 15.1 Å². The number of aromatic nitrogens is 2. The number of aryl methyl sites for hydroxylation is 1. The molecule has 0 spiro atoms. The fraction of sp³-hybridized carbons (Fsp3) is 0.529. The SMILES string of the molecule is Cc1cccc2c(C(=O)OC3CC4CCC(C3)N4C)[nH]nc12. The van der Waals surface area contributed by atoms with Gasteiger partial charge in [-0.05, 0) is 32.4 Å². The molecule has 5 heteroatoms. The molecular weight excluding hydrogens is 278 g/mol. The molecule has 3 heterocycles. The Balaban J connectivity index is 1.54. The molecule has 4 rings (SSSR count). The first-order valence-corrected chi connectivity index (χ1v) is 8.00. The summed E-state index contributed by atoms with van der Waals surface area (Å²) in [7, 11) is 2.19. The number of aromatic amines is 1. The van der Waals surface area contributed by atoms with Crippen molar-refractivity contribution in [3.8, 4) is 0 Å². The Morgan fingerprint density at radius 2 is 2.05 bits per heavy atom. The van der Waals surface area contributed by atoms with Crippen molar-refractivity contribution in [2.75, 3.05) is 7.05 Å². The first-order valence-electron chi connectivity index (χ1n) is 8.00. The van der Waals surface area contributed by atoms with E-state index in [1.807, 2.05) is 25.1 Å². The Hall–Kier alpha value is -1.88. The van der Waals surface area contributed by atoms with Gasteiger partial charge in [-0.15, -0.1) is 0 Å². The van der Waals surface area contributed by atoms with Crippen LogP contribution in [0.15, 0.2) is 18.2 Å². The molecule has 2 aliphatic heterocycles. The molecule has 2 bridgehead atoms. The predicted molar refractivity (Wildman–Crippen MR) is 83.8 cm³/mol. The van der Waals surface area contributed by atoms with Gasteiger partial charge in [0.25, 0.3) is 0 Å². The van der Waals surface area contributed by atoms with Gasteiger partial charge in [0.2, 0.25) is 0 Å². The summed E-state index contributed by atoms with van der Waals surface area (Å²) in [6, 6.07) is 6.99. The molecule has 5 nitrogen and oxygen atoms in total. The average molecular weight is 299 g/mol. The second-order valence-electron chi connectivity index (χ2n) is 6.62. The predicted octanol–water partition coefficient (Wildman–Crippen LogP) is 2.65. The van der Waals surface area contributed by atoms with E-state index in [2.05, 4.69) is 22.1 Å². The summed E-state index contributed by atoms with van der Waals surface area (Å²) in [6.07, 6.45) is 4.38. The van der Waals surface area contributed by atoms with Gasteiger partial charge in [0.05, 0.1) is 5.52 Å². The number of ether oxygens (including phenoxy) is 1. The van der Waals surface area contributed by atoms with Gasteiger partial charge >= 0.3 is 5.97 Å². The van der Waals surface area contributed by atoms with Crippen LogP contribution in [0.2, 0.25) is 0 Å². The van der Waals surface area contributed by atoms with Crippen molar-refractivity contribution in [3.05, 3.63) is 29.5 Å². The third kappa shape index (κ3) is 2.11. The Morgan fingerprint density at radius 1 is 1.32 bits per heavy atom. The van der Waals surface area contributed by atoms with Crippen LogP contribution in [0.4, 0.5) is 0 Å². The second-order valence-corrected chi connectivity index (χ2v) is 6.62. The molecular formula is C17H21N3O2. The van der Waals surface area contributed by atoms with Crippen molar-refractivity contribution in [2.24, 2.45) is 0 Å². The largest absolute Gasteiger partial charge is 0.458 e. The van der Waals surface area contributed by atoms with Crippen LogP contribution in [0.1, 0.15) is 41.7 Å². The second kappa shape index (κ2) is 5.09. The summed E-state index contributed by atoms with van der Waals surface area (Å²) in [5.74, 6) is -0.276. The normalized spacial score (nSPS) is 28.2. The zero-order valence-electron chi connectivity index (χ0n) is 13.0. The van der Waals surface area contributed by atoms with Gasteiger partial charge in [-0.2, -0.15) is 5.10 Å². The van der Waals surface area contributed by atoms with E-state index in [1.54, 1.807) is 0 Å². The van der Waals surface area contributed by atoms with E-state index < -0.39 is 0 Å². The minimum Gasteiger partial charge on any atom is -0.458 e. The Bertz CT molecular complexity index is 710. The molecule has 2 aromatic rings. The zero-order valence-corrected chi connectivity index (χ0v) is 13.0. The quantitative estimate of drug-likeness (QED) is 0.866.